The fourth-order valence-corrected chi connectivity index (χ4v) is 2.40. The zero-order valence-electron chi connectivity index (χ0n) is 10.8. The summed E-state index contributed by atoms with van der Waals surface area (Å²) in [5, 5.41) is 0.721. The van der Waals surface area contributed by atoms with Gasteiger partial charge in [0, 0.05) is 10.8 Å². The second-order valence-corrected chi connectivity index (χ2v) is 4.83. The highest BCUT2D eigenvalue weighted by Crippen LogP contribution is 2.37. The van der Waals surface area contributed by atoms with Crippen molar-refractivity contribution in [2.24, 2.45) is 0 Å². The van der Waals surface area contributed by atoms with Crippen LogP contribution in [0.5, 0.6) is 0 Å². The molecule has 0 saturated heterocycles. The first-order valence-electron chi connectivity index (χ1n) is 6.07. The summed E-state index contributed by atoms with van der Waals surface area (Å²) in [5.41, 5.74) is -1.79. The molecule has 3 aromatic rings. The minimum atomic E-state index is -4.55. The van der Waals surface area contributed by atoms with E-state index in [1.54, 1.807) is 0 Å². The van der Waals surface area contributed by atoms with Crippen LogP contribution in [0.3, 0.4) is 0 Å². The maximum absolute atomic E-state index is 12.7. The van der Waals surface area contributed by atoms with Crippen LogP contribution in [0, 0.1) is 0 Å². The largest absolute Gasteiger partial charge is 0.416 e. The summed E-state index contributed by atoms with van der Waals surface area (Å²) < 4.78 is 77.2. The van der Waals surface area contributed by atoms with E-state index in [9.17, 15) is 26.3 Å². The summed E-state index contributed by atoms with van der Waals surface area (Å²) in [7, 11) is 0. The Kier molecular flexibility index (Phi) is 2.85. The number of rotatable bonds is 0. The highest BCUT2D eigenvalue weighted by atomic mass is 19.4. The number of nitrogen functional groups attached to an aromatic ring is 1. The molecule has 1 aromatic heterocycles. The molecular formula is C14H8F6N2. The quantitative estimate of drug-likeness (QED) is 0.478. The lowest BCUT2D eigenvalue weighted by molar-refractivity contribution is -0.138. The molecule has 2 nitrogen and oxygen atoms in total. The normalized spacial score (nSPS) is 13.2. The van der Waals surface area contributed by atoms with Crippen molar-refractivity contribution in [2.45, 2.75) is 12.4 Å². The molecule has 0 saturated carbocycles. The molecule has 0 aliphatic rings. The van der Waals surface area contributed by atoms with Gasteiger partial charge in [-0.1, -0.05) is 12.1 Å². The van der Waals surface area contributed by atoms with Gasteiger partial charge in [-0.15, -0.1) is 0 Å². The van der Waals surface area contributed by atoms with Crippen molar-refractivity contribution in [1.29, 1.82) is 0 Å². The van der Waals surface area contributed by atoms with Gasteiger partial charge < -0.3 is 5.84 Å². The summed E-state index contributed by atoms with van der Waals surface area (Å²) in [6.45, 7) is 0. The van der Waals surface area contributed by atoms with E-state index >= 15 is 0 Å². The number of hydrogen-bond acceptors (Lipinski definition) is 1. The smallest absolute Gasteiger partial charge is 0.339 e. The molecule has 0 radical (unpaired) electrons. The summed E-state index contributed by atoms with van der Waals surface area (Å²) >= 11 is 0. The average molecular weight is 318 g/mol. The summed E-state index contributed by atoms with van der Waals surface area (Å²) in [6, 6.07) is 5.80. The monoisotopic (exact) mass is 318 g/mol. The third kappa shape index (κ3) is 2.15. The Morgan fingerprint density at radius 1 is 0.682 bits per heavy atom. The number of nitrogens with zero attached hydrogens (tertiary/aromatic N) is 1. The highest BCUT2D eigenvalue weighted by molar-refractivity contribution is 6.08. The third-order valence-corrected chi connectivity index (χ3v) is 3.46. The summed E-state index contributed by atoms with van der Waals surface area (Å²) in [4.78, 5) is 0. The second kappa shape index (κ2) is 4.31. The zero-order valence-corrected chi connectivity index (χ0v) is 10.8. The molecule has 0 bridgehead atoms. The lowest BCUT2D eigenvalue weighted by Crippen LogP contribution is -2.10. The molecule has 3 rings (SSSR count). The van der Waals surface area contributed by atoms with Crippen LogP contribution in [-0.2, 0) is 12.4 Å². The van der Waals surface area contributed by atoms with E-state index in [0.717, 1.165) is 28.9 Å². The van der Waals surface area contributed by atoms with E-state index in [2.05, 4.69) is 0 Å². The van der Waals surface area contributed by atoms with E-state index in [1.165, 1.54) is 12.1 Å². The number of aromatic nitrogens is 1. The van der Waals surface area contributed by atoms with Crippen LogP contribution in [-0.4, -0.2) is 4.68 Å². The van der Waals surface area contributed by atoms with Crippen LogP contribution in [0.15, 0.2) is 36.4 Å². The molecule has 2 aromatic carbocycles. The highest BCUT2D eigenvalue weighted by Gasteiger charge is 2.32. The Morgan fingerprint density at radius 2 is 1.05 bits per heavy atom. The van der Waals surface area contributed by atoms with Gasteiger partial charge in [-0.3, -0.25) is 4.68 Å². The molecule has 0 amide bonds. The molecule has 0 aliphatic carbocycles. The number of halogens is 6. The number of benzene rings is 2. The fraction of sp³-hybridized carbons (Fsp3) is 0.143. The Labute approximate surface area is 119 Å². The van der Waals surface area contributed by atoms with E-state index < -0.39 is 23.5 Å². The van der Waals surface area contributed by atoms with Gasteiger partial charge in [-0.25, -0.2) is 0 Å². The van der Waals surface area contributed by atoms with E-state index in [0.29, 0.717) is 10.8 Å². The molecular weight excluding hydrogens is 310 g/mol. The van der Waals surface area contributed by atoms with Crippen molar-refractivity contribution < 1.29 is 26.3 Å². The van der Waals surface area contributed by atoms with Crippen molar-refractivity contribution in [3.8, 4) is 0 Å². The van der Waals surface area contributed by atoms with Crippen LogP contribution >= 0.6 is 0 Å². The molecule has 1 heterocycles. The lowest BCUT2D eigenvalue weighted by atomic mass is 10.1. The predicted molar refractivity (Wildman–Crippen MR) is 69.6 cm³/mol. The minimum Gasteiger partial charge on any atom is -0.339 e. The molecule has 0 fully saturated rings. The first kappa shape index (κ1) is 14.6. The van der Waals surface area contributed by atoms with Crippen LogP contribution in [0.2, 0.25) is 0 Å². The van der Waals surface area contributed by atoms with Crippen molar-refractivity contribution in [1.82, 2.24) is 4.68 Å². The number of fused-ring (bicyclic) bond motifs is 3. The van der Waals surface area contributed by atoms with E-state index in [-0.39, 0.29) is 11.0 Å². The molecule has 116 valence electrons. The Bertz CT molecular complexity index is 802. The molecule has 0 spiro atoms. The van der Waals surface area contributed by atoms with E-state index in [4.69, 9.17) is 5.84 Å². The van der Waals surface area contributed by atoms with Crippen LogP contribution in [0.4, 0.5) is 26.3 Å². The van der Waals surface area contributed by atoms with Crippen LogP contribution < -0.4 is 5.84 Å². The Morgan fingerprint density at radius 3 is 1.36 bits per heavy atom. The Hall–Kier alpha value is -2.38. The summed E-state index contributed by atoms with van der Waals surface area (Å²) in [6.07, 6.45) is -9.11. The minimum absolute atomic E-state index is 0.0177. The first-order chi connectivity index (χ1) is 10.1. The molecule has 0 unspecified atom stereocenters. The van der Waals surface area contributed by atoms with Crippen LogP contribution in [0.25, 0.3) is 21.8 Å². The van der Waals surface area contributed by atoms with Gasteiger partial charge >= 0.3 is 12.4 Å². The predicted octanol–water partition coefficient (Wildman–Crippen LogP) is 4.55. The van der Waals surface area contributed by atoms with Gasteiger partial charge in [0.1, 0.15) is 0 Å². The van der Waals surface area contributed by atoms with Crippen LogP contribution in [0.1, 0.15) is 11.1 Å². The van der Waals surface area contributed by atoms with Gasteiger partial charge in [0.15, 0.2) is 0 Å². The standard InChI is InChI=1S/C14H8F6N2/c15-13(16,17)7-1-3-9-10-4-2-8(14(18,19)20)6-12(10)22(21)11(9)5-7/h1-6H,21H2. The molecule has 8 heteroatoms. The van der Waals surface area contributed by atoms with Gasteiger partial charge in [0.2, 0.25) is 0 Å². The van der Waals surface area contributed by atoms with Crippen molar-refractivity contribution in [3.05, 3.63) is 47.5 Å². The Balaban J connectivity index is 2.33. The maximum atomic E-state index is 12.7. The third-order valence-electron chi connectivity index (χ3n) is 3.46. The molecule has 0 aliphatic heterocycles. The lowest BCUT2D eigenvalue weighted by Gasteiger charge is -2.07. The molecule has 2 N–H and O–H groups in total. The van der Waals surface area contributed by atoms with Gasteiger partial charge in [-0.05, 0) is 24.3 Å². The summed E-state index contributed by atoms with van der Waals surface area (Å²) in [5.74, 6) is 5.68. The van der Waals surface area contributed by atoms with Gasteiger partial charge in [0.25, 0.3) is 0 Å². The van der Waals surface area contributed by atoms with E-state index in [1.807, 2.05) is 0 Å². The number of hydrogen-bond donors (Lipinski definition) is 1. The molecule has 0 atom stereocenters. The number of nitrogens with two attached hydrogens (primary N) is 1. The van der Waals surface area contributed by atoms with Crippen molar-refractivity contribution in [3.63, 3.8) is 0 Å². The first-order valence-corrected chi connectivity index (χ1v) is 6.07. The van der Waals surface area contributed by atoms with Crippen molar-refractivity contribution in [2.75, 3.05) is 5.84 Å². The zero-order chi connectivity index (χ0) is 16.3. The molecule has 22 heavy (non-hydrogen) atoms. The topological polar surface area (TPSA) is 30.9 Å². The maximum Gasteiger partial charge on any atom is 0.416 e. The fourth-order valence-electron chi connectivity index (χ4n) is 2.40. The van der Waals surface area contributed by atoms with Gasteiger partial charge in [-0.2, -0.15) is 26.3 Å². The number of alkyl halides is 6. The SMILES string of the molecule is Nn1c2cc(C(F)(F)F)ccc2c2ccc(C(F)(F)F)cc21. The average Bonchev–Trinajstić information content (AvgIpc) is 2.70. The van der Waals surface area contributed by atoms with Crippen molar-refractivity contribution >= 4 is 21.8 Å². The van der Waals surface area contributed by atoms with Gasteiger partial charge in [0.05, 0.1) is 22.2 Å². The second-order valence-electron chi connectivity index (χ2n) is 4.83.